The van der Waals surface area contributed by atoms with Crippen LogP contribution in [0, 0.1) is 0 Å². The van der Waals surface area contributed by atoms with Crippen molar-refractivity contribution in [2.75, 3.05) is 0 Å². The Morgan fingerprint density at radius 3 is 1.67 bits per heavy atom. The van der Waals surface area contributed by atoms with E-state index in [0.29, 0.717) is 5.75 Å². The summed E-state index contributed by atoms with van der Waals surface area (Å²) >= 11 is 0. The minimum absolute atomic E-state index is 0.339. The van der Waals surface area contributed by atoms with Gasteiger partial charge in [-0.2, -0.15) is 0 Å². The van der Waals surface area contributed by atoms with Gasteiger partial charge in [-0.05, 0) is 75.5 Å². The van der Waals surface area contributed by atoms with E-state index in [9.17, 15) is 5.11 Å². The summed E-state index contributed by atoms with van der Waals surface area (Å²) in [7, 11) is 0. The summed E-state index contributed by atoms with van der Waals surface area (Å²) in [5.74, 6) is 0.339. The van der Waals surface area contributed by atoms with E-state index in [1.54, 1.807) is 0 Å². The number of fused-ring (bicyclic) bond motifs is 2. The lowest BCUT2D eigenvalue weighted by Crippen LogP contribution is -1.93. The summed E-state index contributed by atoms with van der Waals surface area (Å²) in [6.07, 6.45) is 12.4. The first-order valence-electron chi connectivity index (χ1n) is 15.1. The minimum Gasteiger partial charge on any atom is -0.507 e. The molecular weight excluding hydrogens is 472 g/mol. The molecule has 0 fully saturated rings. The van der Waals surface area contributed by atoms with Crippen LogP contribution >= 0.6 is 0 Å². The van der Waals surface area contributed by atoms with Crippen LogP contribution in [0.25, 0.3) is 43.8 Å². The molecule has 1 N–H and O–H groups in total. The van der Waals surface area contributed by atoms with Crippen LogP contribution in [0.5, 0.6) is 5.75 Å². The Balaban J connectivity index is 1.64. The average molecular weight is 515 g/mol. The van der Waals surface area contributed by atoms with E-state index < -0.39 is 0 Å². The smallest absolute Gasteiger partial charge is 0.124 e. The van der Waals surface area contributed by atoms with Crippen molar-refractivity contribution in [3.8, 4) is 28.0 Å². The molecule has 0 saturated carbocycles. The van der Waals surface area contributed by atoms with Crippen LogP contribution < -0.4 is 0 Å². The van der Waals surface area contributed by atoms with Gasteiger partial charge >= 0.3 is 0 Å². The predicted octanol–water partition coefficient (Wildman–Crippen LogP) is 11.3. The van der Waals surface area contributed by atoms with Gasteiger partial charge in [-0.15, -0.1) is 0 Å². The third-order valence-corrected chi connectivity index (χ3v) is 8.12. The van der Waals surface area contributed by atoms with E-state index >= 15 is 0 Å². The van der Waals surface area contributed by atoms with Gasteiger partial charge < -0.3 is 5.11 Å². The monoisotopic (exact) mass is 514 g/mol. The number of phenolic OH excluding ortho intramolecular Hbond substituents is 1. The van der Waals surface area contributed by atoms with Crippen molar-refractivity contribution in [3.05, 3.63) is 102 Å². The Morgan fingerprint density at radius 1 is 0.513 bits per heavy atom. The summed E-state index contributed by atoms with van der Waals surface area (Å²) < 4.78 is 0. The zero-order valence-electron chi connectivity index (χ0n) is 23.7. The fourth-order valence-electron chi connectivity index (χ4n) is 5.96. The highest BCUT2D eigenvalue weighted by atomic mass is 16.3. The molecule has 0 spiro atoms. The average Bonchev–Trinajstić information content (AvgIpc) is 2.97. The molecular formula is C38H42O. The van der Waals surface area contributed by atoms with Gasteiger partial charge in [0, 0.05) is 11.1 Å². The second-order valence-electron chi connectivity index (χ2n) is 11.0. The second kappa shape index (κ2) is 13.0. The highest BCUT2D eigenvalue weighted by molar-refractivity contribution is 6.12. The number of hydrogen-bond acceptors (Lipinski definition) is 1. The Labute approximate surface area is 234 Å². The molecule has 5 aromatic rings. The molecule has 0 unspecified atom stereocenters. The van der Waals surface area contributed by atoms with Crippen LogP contribution in [0.15, 0.2) is 91.0 Å². The van der Waals surface area contributed by atoms with Crippen LogP contribution in [-0.4, -0.2) is 5.11 Å². The number of unbranched alkanes of at least 4 members (excludes halogenated alkanes) is 6. The summed E-state index contributed by atoms with van der Waals surface area (Å²) in [4.78, 5) is 0. The molecule has 200 valence electrons. The number of hydrogen-bond donors (Lipinski definition) is 1. The van der Waals surface area contributed by atoms with Gasteiger partial charge in [-0.25, -0.2) is 0 Å². The third-order valence-electron chi connectivity index (χ3n) is 8.12. The number of rotatable bonds is 12. The van der Waals surface area contributed by atoms with Crippen molar-refractivity contribution in [1.82, 2.24) is 0 Å². The summed E-state index contributed by atoms with van der Waals surface area (Å²) in [6.45, 7) is 4.52. The maximum atomic E-state index is 11.4. The molecule has 0 atom stereocenters. The standard InChI is InChI=1S/C38H42O/c1-3-5-7-10-14-28-18-22-34-31(26-28)20-24-33(30-16-12-9-13-17-30)37(34)38-35-23-19-29(15-11-8-6-4-2)27-32(35)21-25-36(38)39/h9,12-13,16-27,39H,3-8,10-11,14-15H2,1-2H3. The molecule has 5 rings (SSSR count). The first kappa shape index (κ1) is 27.0. The fourth-order valence-corrected chi connectivity index (χ4v) is 5.96. The molecule has 0 aliphatic rings. The molecule has 0 aromatic heterocycles. The van der Waals surface area contributed by atoms with E-state index in [4.69, 9.17) is 0 Å². The topological polar surface area (TPSA) is 20.2 Å². The maximum absolute atomic E-state index is 11.4. The van der Waals surface area contributed by atoms with Gasteiger partial charge in [0.25, 0.3) is 0 Å². The summed E-state index contributed by atoms with van der Waals surface area (Å²) in [5, 5.41) is 16.1. The van der Waals surface area contributed by atoms with E-state index in [1.165, 1.54) is 84.2 Å². The molecule has 0 aliphatic heterocycles. The first-order chi connectivity index (χ1) is 19.2. The molecule has 0 radical (unpaired) electrons. The molecule has 0 heterocycles. The Hall–Kier alpha value is -3.58. The number of benzene rings is 5. The maximum Gasteiger partial charge on any atom is 0.124 e. The van der Waals surface area contributed by atoms with E-state index in [2.05, 4.69) is 98.8 Å². The molecule has 0 amide bonds. The van der Waals surface area contributed by atoms with Crippen LogP contribution in [0.2, 0.25) is 0 Å². The predicted molar refractivity (Wildman–Crippen MR) is 170 cm³/mol. The Bertz CT molecular complexity index is 1530. The Kier molecular flexibility index (Phi) is 8.99. The van der Waals surface area contributed by atoms with Gasteiger partial charge in [-0.1, -0.05) is 137 Å². The van der Waals surface area contributed by atoms with Crippen LogP contribution in [0.3, 0.4) is 0 Å². The van der Waals surface area contributed by atoms with Crippen molar-refractivity contribution in [2.45, 2.75) is 78.1 Å². The molecule has 0 saturated heterocycles. The lowest BCUT2D eigenvalue weighted by atomic mass is 9.86. The van der Waals surface area contributed by atoms with Crippen LogP contribution in [0.1, 0.15) is 76.3 Å². The Morgan fingerprint density at radius 2 is 1.08 bits per heavy atom. The number of phenols is 1. The van der Waals surface area contributed by atoms with E-state index in [1.807, 2.05) is 6.07 Å². The van der Waals surface area contributed by atoms with Gasteiger partial charge in [0.1, 0.15) is 5.75 Å². The molecule has 1 nitrogen and oxygen atoms in total. The summed E-state index contributed by atoms with van der Waals surface area (Å²) in [6, 6.07) is 32.8. The lowest BCUT2D eigenvalue weighted by Gasteiger charge is -2.18. The molecule has 1 heteroatoms. The number of aromatic hydroxyl groups is 1. The van der Waals surface area contributed by atoms with Gasteiger partial charge in [0.2, 0.25) is 0 Å². The van der Waals surface area contributed by atoms with Crippen molar-refractivity contribution in [1.29, 1.82) is 0 Å². The molecule has 39 heavy (non-hydrogen) atoms. The highest BCUT2D eigenvalue weighted by Crippen LogP contribution is 2.45. The molecule has 0 aliphatic carbocycles. The van der Waals surface area contributed by atoms with Gasteiger partial charge in [0.05, 0.1) is 0 Å². The molecule has 5 aromatic carbocycles. The zero-order chi connectivity index (χ0) is 27.0. The van der Waals surface area contributed by atoms with Crippen molar-refractivity contribution >= 4 is 21.5 Å². The molecule has 0 bridgehead atoms. The second-order valence-corrected chi connectivity index (χ2v) is 11.0. The van der Waals surface area contributed by atoms with Crippen LogP contribution in [-0.2, 0) is 12.8 Å². The van der Waals surface area contributed by atoms with Gasteiger partial charge in [-0.3, -0.25) is 0 Å². The van der Waals surface area contributed by atoms with E-state index in [0.717, 1.165) is 34.9 Å². The zero-order valence-corrected chi connectivity index (χ0v) is 23.7. The van der Waals surface area contributed by atoms with Gasteiger partial charge in [0.15, 0.2) is 0 Å². The largest absolute Gasteiger partial charge is 0.507 e. The van der Waals surface area contributed by atoms with E-state index in [-0.39, 0.29) is 0 Å². The van der Waals surface area contributed by atoms with Crippen molar-refractivity contribution in [2.24, 2.45) is 0 Å². The van der Waals surface area contributed by atoms with Crippen molar-refractivity contribution < 1.29 is 5.11 Å². The SMILES string of the molecule is CCCCCCc1ccc2c(-c3c(-c4ccccc4)ccc4cc(CCCCCC)ccc34)c(O)ccc2c1. The fraction of sp³-hybridized carbons (Fsp3) is 0.316. The van der Waals surface area contributed by atoms with Crippen LogP contribution in [0.4, 0.5) is 0 Å². The summed E-state index contributed by atoms with van der Waals surface area (Å²) in [5.41, 5.74) is 7.16. The minimum atomic E-state index is 0.339. The normalized spacial score (nSPS) is 11.4. The number of aryl methyl sites for hydroxylation is 2. The highest BCUT2D eigenvalue weighted by Gasteiger charge is 2.18. The quantitative estimate of drug-likeness (QED) is 0.164. The first-order valence-corrected chi connectivity index (χ1v) is 15.1. The third kappa shape index (κ3) is 6.19. The lowest BCUT2D eigenvalue weighted by molar-refractivity contribution is 0.478. The van der Waals surface area contributed by atoms with Crippen molar-refractivity contribution in [3.63, 3.8) is 0 Å².